The van der Waals surface area contributed by atoms with Gasteiger partial charge >= 0.3 is 5.97 Å². The lowest BCUT2D eigenvalue weighted by Crippen LogP contribution is -2.57. The Kier molecular flexibility index (Phi) is 22.5. The van der Waals surface area contributed by atoms with Crippen LogP contribution < -0.4 is 0 Å². The van der Waals surface area contributed by atoms with Gasteiger partial charge in [0, 0.05) is 57.9 Å². The van der Waals surface area contributed by atoms with E-state index >= 15 is 0 Å². The maximum absolute atomic E-state index is 13.9. The molecule has 5 aliphatic rings. The molecule has 6 rings (SSSR count). The summed E-state index contributed by atoms with van der Waals surface area (Å²) in [6.07, 6.45) is 22.0. The SMILES string of the molecule is C#C.C=C(OC(CC12CCC3C(CCC4C5(C)CCC(C)C5CCC34C)C1=C(C(C)C)C(=O)C2)=NC)c1ccc(C(C)C)cc1.CC(C)(CC=O)C(=O)O.CCC=O.CO.CO. The first kappa shape index (κ1) is 56.1. The van der Waals surface area contributed by atoms with Crippen molar-refractivity contribution in [3.63, 3.8) is 0 Å². The number of aliphatic hydroxyl groups is 2. The minimum absolute atomic E-state index is 0.0718. The van der Waals surface area contributed by atoms with Crippen molar-refractivity contribution in [1.82, 2.24) is 0 Å². The van der Waals surface area contributed by atoms with Crippen molar-refractivity contribution in [3.8, 4) is 12.8 Å². The highest BCUT2D eigenvalue weighted by molar-refractivity contribution is 6.01. The lowest BCUT2D eigenvalue weighted by molar-refractivity contribution is -0.148. The highest BCUT2D eigenvalue weighted by atomic mass is 16.5. The van der Waals surface area contributed by atoms with E-state index in [2.05, 4.69) is 97.1 Å². The zero-order chi connectivity index (χ0) is 47.8. The Hall–Kier alpha value is -3.87. The average Bonchev–Trinajstić information content (AvgIpc) is 3.74. The number of carboxylic acids is 1. The summed E-state index contributed by atoms with van der Waals surface area (Å²) in [6, 6.07) is 8.55. The van der Waals surface area contributed by atoms with Crippen LogP contribution in [0.5, 0.6) is 0 Å². The molecule has 4 saturated carbocycles. The van der Waals surface area contributed by atoms with Crippen molar-refractivity contribution < 1.29 is 39.2 Å². The maximum atomic E-state index is 13.9. The van der Waals surface area contributed by atoms with E-state index in [0.717, 1.165) is 61.7 Å². The van der Waals surface area contributed by atoms with Crippen LogP contribution in [0.3, 0.4) is 0 Å². The summed E-state index contributed by atoms with van der Waals surface area (Å²) >= 11 is 0. The van der Waals surface area contributed by atoms with Gasteiger partial charge in [0.25, 0.3) is 0 Å². The number of carboxylic acid groups (broad SMARTS) is 1. The van der Waals surface area contributed by atoms with Gasteiger partial charge in [-0.1, -0.05) is 91.8 Å². The van der Waals surface area contributed by atoms with Gasteiger partial charge in [-0.25, -0.2) is 0 Å². The Balaban J connectivity index is 0.000000861. The number of ether oxygens (including phenoxy) is 1. The van der Waals surface area contributed by atoms with Gasteiger partial charge in [-0.3, -0.25) is 14.6 Å². The van der Waals surface area contributed by atoms with Crippen molar-refractivity contribution in [2.75, 3.05) is 21.3 Å². The molecule has 8 atom stereocenters. The molecular weight excluding hydrogens is 779 g/mol. The van der Waals surface area contributed by atoms with Crippen LogP contribution in [0.2, 0.25) is 0 Å². The number of Topliss-reactive ketones (excluding diaryl/α,β-unsaturated/α-hetero) is 1. The van der Waals surface area contributed by atoms with Gasteiger partial charge in [0.15, 0.2) is 11.7 Å². The molecule has 348 valence electrons. The first-order chi connectivity index (χ1) is 29.3. The van der Waals surface area contributed by atoms with Crippen LogP contribution in [0.1, 0.15) is 163 Å². The first-order valence-electron chi connectivity index (χ1n) is 22.8. The number of hydrogen-bond donors (Lipinski definition) is 3. The number of carbonyl (C=O) groups is 4. The van der Waals surface area contributed by atoms with E-state index in [-0.39, 0.29) is 17.8 Å². The molecule has 0 heterocycles. The number of aldehydes is 2. The zero-order valence-corrected chi connectivity index (χ0v) is 40.7. The van der Waals surface area contributed by atoms with Crippen LogP contribution in [-0.4, -0.2) is 66.8 Å². The second-order valence-corrected chi connectivity index (χ2v) is 19.6. The fraction of sp³-hybridized carbons (Fsp3) is 0.679. The molecule has 62 heavy (non-hydrogen) atoms. The quantitative estimate of drug-likeness (QED) is 0.0692. The largest absolute Gasteiger partial charge is 0.481 e. The van der Waals surface area contributed by atoms with Gasteiger partial charge in [0.1, 0.15) is 18.3 Å². The predicted octanol–water partition coefficient (Wildman–Crippen LogP) is 11.2. The Morgan fingerprint density at radius 2 is 1.44 bits per heavy atom. The Morgan fingerprint density at radius 1 is 0.903 bits per heavy atom. The van der Waals surface area contributed by atoms with Crippen LogP contribution in [0.4, 0.5) is 0 Å². The number of aliphatic hydroxyl groups excluding tert-OH is 2. The molecule has 0 aliphatic heterocycles. The first-order valence-corrected chi connectivity index (χ1v) is 22.8. The summed E-state index contributed by atoms with van der Waals surface area (Å²) in [7, 11) is 3.84. The number of aliphatic imine (C=N–C) groups is 1. The van der Waals surface area contributed by atoms with Crippen LogP contribution in [0, 0.1) is 70.0 Å². The smallest absolute Gasteiger partial charge is 0.309 e. The number of rotatable bonds is 10. The third kappa shape index (κ3) is 12.2. The predicted molar refractivity (Wildman–Crippen MR) is 253 cm³/mol. The topological polar surface area (TPSA) is 151 Å². The standard InChI is InChI=1S/C40H57NO2.C6H10O3.C3H6O.C2H2.2CH4O/c1-24(2)28-10-12-29(13-11-28)27(6)43-35(41-9)23-40-21-18-32-30(37(40)36(25(3)4)33(42)22-40)14-15-34-38(7)19-16-26(5)31(38)17-20-39(32,34)8;1-6(2,3-4-7)5(8)9;1-2-3-4;3*1-2/h10-13,24-26,30-32,34H,6,14-23H2,1-5,7-9H3;4H,3H2,1-2H3,(H,8,9);3H,2H2,1H3;1-2H;2*2H,1H3. The van der Waals surface area contributed by atoms with E-state index in [1.54, 1.807) is 0 Å². The third-order valence-corrected chi connectivity index (χ3v) is 15.1. The molecule has 9 nitrogen and oxygen atoms in total. The second kappa shape index (κ2) is 24.8. The van der Waals surface area contributed by atoms with E-state index in [9.17, 15) is 19.2 Å². The van der Waals surface area contributed by atoms with Gasteiger partial charge in [-0.15, -0.1) is 12.8 Å². The van der Waals surface area contributed by atoms with Crippen LogP contribution in [-0.2, 0) is 23.9 Å². The summed E-state index contributed by atoms with van der Waals surface area (Å²) in [6.45, 7) is 25.9. The number of hydrogen-bond acceptors (Lipinski definition) is 8. The maximum Gasteiger partial charge on any atom is 0.309 e. The van der Waals surface area contributed by atoms with E-state index < -0.39 is 11.4 Å². The minimum atomic E-state index is -0.936. The summed E-state index contributed by atoms with van der Waals surface area (Å²) in [5, 5.41) is 22.4. The molecule has 8 unspecified atom stereocenters. The average molecular weight is 862 g/mol. The van der Waals surface area contributed by atoms with Gasteiger partial charge < -0.3 is 29.6 Å². The number of terminal acetylenes is 1. The van der Waals surface area contributed by atoms with Gasteiger partial charge in [-0.2, -0.15) is 0 Å². The van der Waals surface area contributed by atoms with Gasteiger partial charge in [-0.05, 0) is 129 Å². The number of ketones is 1. The molecule has 0 amide bonds. The highest BCUT2D eigenvalue weighted by Gasteiger charge is 2.65. The summed E-state index contributed by atoms with van der Waals surface area (Å²) in [5.74, 6) is 5.36. The van der Waals surface area contributed by atoms with Gasteiger partial charge in [0.2, 0.25) is 0 Å². The molecule has 4 fully saturated rings. The molecule has 0 spiro atoms. The van der Waals surface area contributed by atoms with Crippen LogP contribution in [0.15, 0.2) is 47.0 Å². The van der Waals surface area contributed by atoms with E-state index in [1.165, 1.54) is 69.9 Å². The summed E-state index contributed by atoms with van der Waals surface area (Å²) in [5.41, 5.74) is 4.78. The number of fused-ring (bicyclic) bond motifs is 7. The van der Waals surface area contributed by atoms with E-state index in [0.29, 0.717) is 65.7 Å². The monoisotopic (exact) mass is 862 g/mol. The number of aliphatic carboxylic acids is 1. The molecule has 0 saturated heterocycles. The Labute approximate surface area is 375 Å². The molecule has 9 heteroatoms. The normalized spacial score (nSPS) is 29.3. The second-order valence-electron chi connectivity index (χ2n) is 19.6. The minimum Gasteiger partial charge on any atom is -0.481 e. The fourth-order valence-electron chi connectivity index (χ4n) is 12.1. The Bertz CT molecular complexity index is 1720. The molecule has 0 aromatic heterocycles. The lowest BCUT2D eigenvalue weighted by Gasteiger charge is -2.64. The Morgan fingerprint density at radius 3 is 1.90 bits per heavy atom. The van der Waals surface area contributed by atoms with Crippen LogP contribution in [0.25, 0.3) is 5.76 Å². The lowest BCUT2D eigenvalue weighted by atomic mass is 9.40. The molecule has 5 aliphatic carbocycles. The van der Waals surface area contributed by atoms with Crippen molar-refractivity contribution in [2.45, 2.75) is 152 Å². The molecule has 1 aromatic rings. The van der Waals surface area contributed by atoms with Crippen molar-refractivity contribution in [3.05, 3.63) is 53.1 Å². The molecule has 0 bridgehead atoms. The number of carbonyl (C=O) groups excluding carboxylic acids is 3. The molecule has 1 aromatic carbocycles. The van der Waals surface area contributed by atoms with E-state index in [4.69, 9.17) is 20.1 Å². The molecule has 3 N–H and O–H groups in total. The fourth-order valence-corrected chi connectivity index (χ4v) is 12.1. The number of allylic oxidation sites excluding steroid dienone is 2. The highest BCUT2D eigenvalue weighted by Crippen LogP contribution is 2.72. The van der Waals surface area contributed by atoms with Crippen molar-refractivity contribution in [2.24, 2.45) is 62.2 Å². The molecular formula is C53H83NO8. The summed E-state index contributed by atoms with van der Waals surface area (Å²) in [4.78, 5) is 47.9. The number of benzene rings is 1. The zero-order valence-electron chi connectivity index (χ0n) is 40.7. The summed E-state index contributed by atoms with van der Waals surface area (Å²) < 4.78 is 6.46. The number of nitrogens with zero attached hydrogens (tertiary/aromatic N) is 1. The third-order valence-electron chi connectivity index (χ3n) is 15.1. The molecule has 0 radical (unpaired) electrons. The van der Waals surface area contributed by atoms with Gasteiger partial charge in [0.05, 0.1) is 5.41 Å². The van der Waals surface area contributed by atoms with Crippen LogP contribution >= 0.6 is 0 Å². The van der Waals surface area contributed by atoms with Crippen molar-refractivity contribution >= 4 is 36.0 Å². The van der Waals surface area contributed by atoms with Crippen molar-refractivity contribution in [1.29, 1.82) is 0 Å². The van der Waals surface area contributed by atoms with E-state index in [1.807, 2.05) is 14.0 Å².